The van der Waals surface area contributed by atoms with Crippen molar-refractivity contribution < 1.29 is 14.3 Å². The lowest BCUT2D eigenvalue weighted by Gasteiger charge is -2.03. The molecule has 0 saturated carbocycles. The normalized spacial score (nSPS) is 12.6. The Hall–Kier alpha value is -2.04. The van der Waals surface area contributed by atoms with Crippen LogP contribution in [0.2, 0.25) is 0 Å². The lowest BCUT2D eigenvalue weighted by atomic mass is 10.1. The second-order valence-corrected chi connectivity index (χ2v) is 4.09. The number of imidazole rings is 1. The van der Waals surface area contributed by atoms with E-state index in [-0.39, 0.29) is 12.3 Å². The van der Waals surface area contributed by atoms with Crippen LogP contribution in [0.3, 0.4) is 0 Å². The molecule has 0 radical (unpaired) electrons. The molecule has 0 bridgehead atoms. The number of carbonyl (C=O) groups is 1. The minimum absolute atomic E-state index is 0.0597. The van der Waals surface area contributed by atoms with Crippen LogP contribution in [0.15, 0.2) is 22.7 Å². The molecule has 0 spiro atoms. The zero-order valence-electron chi connectivity index (χ0n) is 9.73. The molecular formula is C12H14N2O3. The molecule has 2 aromatic heterocycles. The third kappa shape index (κ3) is 2.55. The van der Waals surface area contributed by atoms with Crippen molar-refractivity contribution in [1.82, 2.24) is 9.97 Å². The highest BCUT2D eigenvalue weighted by Gasteiger charge is 2.14. The molecular weight excluding hydrogens is 220 g/mol. The Morgan fingerprint density at radius 1 is 1.59 bits per heavy atom. The first kappa shape index (κ1) is 11.4. The number of carboxylic acid groups (broad SMARTS) is 1. The minimum atomic E-state index is -0.829. The van der Waals surface area contributed by atoms with Gasteiger partial charge in [-0.1, -0.05) is 6.92 Å². The van der Waals surface area contributed by atoms with Gasteiger partial charge in [0.25, 0.3) is 0 Å². The average molecular weight is 234 g/mol. The molecule has 0 aromatic carbocycles. The Morgan fingerprint density at radius 2 is 2.35 bits per heavy atom. The van der Waals surface area contributed by atoms with Gasteiger partial charge in [-0.2, -0.15) is 0 Å². The van der Waals surface area contributed by atoms with E-state index in [4.69, 9.17) is 9.52 Å². The molecule has 1 atom stereocenters. The first-order chi connectivity index (χ1) is 8.06. The number of aromatic amines is 1. The van der Waals surface area contributed by atoms with Crippen molar-refractivity contribution in [3.8, 4) is 11.5 Å². The molecule has 2 N–H and O–H groups in total. The van der Waals surface area contributed by atoms with Crippen molar-refractivity contribution in [2.24, 2.45) is 0 Å². The zero-order chi connectivity index (χ0) is 12.4. The first-order valence-electron chi connectivity index (χ1n) is 5.39. The van der Waals surface area contributed by atoms with E-state index < -0.39 is 5.97 Å². The van der Waals surface area contributed by atoms with E-state index in [1.807, 2.05) is 26.0 Å². The molecule has 0 amide bonds. The van der Waals surface area contributed by atoms with Gasteiger partial charge >= 0.3 is 5.97 Å². The first-order valence-corrected chi connectivity index (χ1v) is 5.39. The number of aliphatic carboxylic acids is 1. The Balaban J connectivity index is 2.18. The molecule has 1 unspecified atom stereocenters. The van der Waals surface area contributed by atoms with E-state index in [0.29, 0.717) is 11.6 Å². The molecule has 2 heterocycles. The highest BCUT2D eigenvalue weighted by atomic mass is 16.4. The van der Waals surface area contributed by atoms with Crippen LogP contribution in [0.4, 0.5) is 0 Å². The Morgan fingerprint density at radius 3 is 2.94 bits per heavy atom. The van der Waals surface area contributed by atoms with Gasteiger partial charge in [0, 0.05) is 5.92 Å². The topological polar surface area (TPSA) is 79.1 Å². The quantitative estimate of drug-likeness (QED) is 0.852. The summed E-state index contributed by atoms with van der Waals surface area (Å²) < 4.78 is 5.46. The largest absolute Gasteiger partial charge is 0.481 e. The van der Waals surface area contributed by atoms with Crippen LogP contribution in [0.25, 0.3) is 11.5 Å². The Bertz CT molecular complexity index is 527. The van der Waals surface area contributed by atoms with Crippen molar-refractivity contribution in [1.29, 1.82) is 0 Å². The Labute approximate surface area is 98.5 Å². The second-order valence-electron chi connectivity index (χ2n) is 4.09. The van der Waals surface area contributed by atoms with E-state index in [9.17, 15) is 4.79 Å². The number of carboxylic acids is 1. The molecule has 0 aliphatic carbocycles. The third-order valence-corrected chi connectivity index (χ3v) is 2.55. The molecule has 0 saturated heterocycles. The number of nitrogens with zero attached hydrogens (tertiary/aromatic N) is 1. The van der Waals surface area contributed by atoms with Crippen LogP contribution in [-0.4, -0.2) is 21.0 Å². The van der Waals surface area contributed by atoms with Crippen LogP contribution in [-0.2, 0) is 4.79 Å². The van der Waals surface area contributed by atoms with E-state index in [0.717, 1.165) is 11.5 Å². The number of aromatic nitrogens is 2. The highest BCUT2D eigenvalue weighted by Crippen LogP contribution is 2.23. The van der Waals surface area contributed by atoms with Crippen molar-refractivity contribution in [2.75, 3.05) is 0 Å². The number of rotatable bonds is 4. The summed E-state index contributed by atoms with van der Waals surface area (Å²) in [5.41, 5.74) is 0.769. The Kier molecular flexibility index (Phi) is 2.99. The summed E-state index contributed by atoms with van der Waals surface area (Å²) in [6.45, 7) is 3.69. The van der Waals surface area contributed by atoms with E-state index in [1.165, 1.54) is 0 Å². The lowest BCUT2D eigenvalue weighted by molar-refractivity contribution is -0.137. The van der Waals surface area contributed by atoms with Crippen LogP contribution < -0.4 is 0 Å². The van der Waals surface area contributed by atoms with Gasteiger partial charge in [0.2, 0.25) is 0 Å². The predicted octanol–water partition coefficient (Wildman–Crippen LogP) is 2.56. The van der Waals surface area contributed by atoms with Crippen molar-refractivity contribution >= 4 is 5.97 Å². The van der Waals surface area contributed by atoms with Gasteiger partial charge in [-0.25, -0.2) is 4.98 Å². The summed E-state index contributed by atoms with van der Waals surface area (Å²) in [4.78, 5) is 17.9. The van der Waals surface area contributed by atoms with Crippen molar-refractivity contribution in [3.05, 3.63) is 29.9 Å². The molecule has 0 aliphatic rings. The fourth-order valence-electron chi connectivity index (χ4n) is 1.65. The third-order valence-electron chi connectivity index (χ3n) is 2.55. The monoisotopic (exact) mass is 234 g/mol. The molecule has 5 nitrogen and oxygen atoms in total. The average Bonchev–Trinajstić information content (AvgIpc) is 2.84. The summed E-state index contributed by atoms with van der Waals surface area (Å²) >= 11 is 0. The van der Waals surface area contributed by atoms with Crippen LogP contribution in [0, 0.1) is 6.92 Å². The van der Waals surface area contributed by atoms with Crippen molar-refractivity contribution in [3.63, 3.8) is 0 Å². The lowest BCUT2D eigenvalue weighted by Crippen LogP contribution is -2.04. The number of aryl methyl sites for hydroxylation is 1. The van der Waals surface area contributed by atoms with E-state index >= 15 is 0 Å². The molecule has 0 fully saturated rings. The standard InChI is InChI=1S/C12H14N2O3/c1-7(5-11(15)16)12-13-6-9(14-12)10-4-3-8(2)17-10/h3-4,6-7H,5H2,1-2H3,(H,13,14)(H,15,16). The van der Waals surface area contributed by atoms with Gasteiger partial charge in [-0.05, 0) is 19.1 Å². The molecule has 90 valence electrons. The number of furan rings is 1. The fourth-order valence-corrected chi connectivity index (χ4v) is 1.65. The maximum atomic E-state index is 10.6. The summed E-state index contributed by atoms with van der Waals surface area (Å²) in [6.07, 6.45) is 1.72. The van der Waals surface area contributed by atoms with Gasteiger partial charge in [0.1, 0.15) is 17.3 Å². The smallest absolute Gasteiger partial charge is 0.304 e. The van der Waals surface area contributed by atoms with E-state index in [1.54, 1.807) is 6.20 Å². The summed E-state index contributed by atoms with van der Waals surface area (Å²) in [6, 6.07) is 3.73. The number of nitrogens with one attached hydrogen (secondary N) is 1. The maximum Gasteiger partial charge on any atom is 0.304 e. The fraction of sp³-hybridized carbons (Fsp3) is 0.333. The molecule has 5 heteroatoms. The van der Waals surface area contributed by atoms with Gasteiger partial charge < -0.3 is 14.5 Å². The summed E-state index contributed by atoms with van der Waals surface area (Å²) in [7, 11) is 0. The zero-order valence-corrected chi connectivity index (χ0v) is 9.73. The van der Waals surface area contributed by atoms with Crippen LogP contribution >= 0.6 is 0 Å². The number of hydrogen-bond acceptors (Lipinski definition) is 3. The molecule has 17 heavy (non-hydrogen) atoms. The molecule has 0 aliphatic heterocycles. The molecule has 2 aromatic rings. The van der Waals surface area contributed by atoms with E-state index in [2.05, 4.69) is 9.97 Å². The maximum absolute atomic E-state index is 10.6. The van der Waals surface area contributed by atoms with Crippen molar-refractivity contribution in [2.45, 2.75) is 26.2 Å². The SMILES string of the molecule is Cc1ccc(-c2cnc(C(C)CC(=O)O)[nH]2)o1. The van der Waals surface area contributed by atoms with Crippen LogP contribution in [0.1, 0.15) is 30.8 Å². The predicted molar refractivity (Wildman–Crippen MR) is 61.7 cm³/mol. The van der Waals surface area contributed by atoms with Gasteiger partial charge in [0.05, 0.1) is 12.6 Å². The molecule has 2 rings (SSSR count). The number of hydrogen-bond donors (Lipinski definition) is 2. The summed E-state index contributed by atoms with van der Waals surface area (Å²) in [5, 5.41) is 8.71. The van der Waals surface area contributed by atoms with Gasteiger partial charge in [0.15, 0.2) is 5.76 Å². The van der Waals surface area contributed by atoms with Gasteiger partial charge in [-0.3, -0.25) is 4.79 Å². The minimum Gasteiger partial charge on any atom is -0.481 e. The number of H-pyrrole nitrogens is 1. The highest BCUT2D eigenvalue weighted by molar-refractivity contribution is 5.67. The summed E-state index contributed by atoms with van der Waals surface area (Å²) in [5.74, 6) is 1.23. The second kappa shape index (κ2) is 4.45. The van der Waals surface area contributed by atoms with Crippen LogP contribution in [0.5, 0.6) is 0 Å². The van der Waals surface area contributed by atoms with Gasteiger partial charge in [-0.15, -0.1) is 0 Å².